The van der Waals surface area contributed by atoms with E-state index in [1.165, 1.54) is 11.3 Å². The molecule has 2 rings (SSSR count). The number of rotatable bonds is 2. The molecular formula is C8H7ClN2OS. The van der Waals surface area contributed by atoms with E-state index in [-0.39, 0.29) is 0 Å². The van der Waals surface area contributed by atoms with E-state index in [1.54, 1.807) is 23.1 Å². The molecule has 0 aliphatic heterocycles. The average Bonchev–Trinajstić information content (AvgIpc) is 2.62. The summed E-state index contributed by atoms with van der Waals surface area (Å²) >= 11 is 7.15. The maximum Gasteiger partial charge on any atom is 0.182 e. The fourth-order valence-electron chi connectivity index (χ4n) is 0.920. The molecule has 0 spiro atoms. The summed E-state index contributed by atoms with van der Waals surface area (Å²) in [5.41, 5.74) is 0. The maximum absolute atomic E-state index is 5.75. The lowest BCUT2D eigenvalue weighted by Crippen LogP contribution is -1.84. The third-order valence-corrected chi connectivity index (χ3v) is 2.56. The molecular weight excluding hydrogens is 208 g/mol. The van der Waals surface area contributed by atoms with Gasteiger partial charge in [-0.3, -0.25) is 4.68 Å². The third kappa shape index (κ3) is 2.02. The van der Waals surface area contributed by atoms with Gasteiger partial charge < -0.3 is 4.74 Å². The van der Waals surface area contributed by atoms with Crippen LogP contribution in [0.1, 0.15) is 0 Å². The van der Waals surface area contributed by atoms with Crippen molar-refractivity contribution in [3.05, 3.63) is 28.9 Å². The van der Waals surface area contributed by atoms with E-state index in [0.29, 0.717) is 0 Å². The second-order valence-electron chi connectivity index (χ2n) is 2.51. The second kappa shape index (κ2) is 3.40. The van der Waals surface area contributed by atoms with Crippen molar-refractivity contribution in [1.29, 1.82) is 0 Å². The molecule has 68 valence electrons. The second-order valence-corrected chi connectivity index (χ2v) is 4.19. The molecule has 2 aromatic rings. The van der Waals surface area contributed by atoms with Crippen LogP contribution >= 0.6 is 22.9 Å². The summed E-state index contributed by atoms with van der Waals surface area (Å²) in [5.74, 6) is 0.723. The van der Waals surface area contributed by atoms with Crippen LogP contribution in [0.2, 0.25) is 4.34 Å². The molecule has 13 heavy (non-hydrogen) atoms. The minimum absolute atomic E-state index is 0.721. The summed E-state index contributed by atoms with van der Waals surface area (Å²) in [6, 6.07) is 3.64. The Morgan fingerprint density at radius 1 is 1.54 bits per heavy atom. The highest BCUT2D eigenvalue weighted by molar-refractivity contribution is 7.17. The van der Waals surface area contributed by atoms with Crippen molar-refractivity contribution in [2.45, 2.75) is 0 Å². The van der Waals surface area contributed by atoms with Gasteiger partial charge in [-0.15, -0.1) is 0 Å². The number of halogens is 1. The van der Waals surface area contributed by atoms with E-state index in [4.69, 9.17) is 16.3 Å². The zero-order chi connectivity index (χ0) is 9.26. The quantitative estimate of drug-likeness (QED) is 0.769. The van der Waals surface area contributed by atoms with Gasteiger partial charge in [-0.05, 0) is 12.1 Å². The van der Waals surface area contributed by atoms with Crippen LogP contribution in [0.15, 0.2) is 24.5 Å². The fraction of sp³-hybridized carbons (Fsp3) is 0.125. The predicted octanol–water partition coefficient (Wildman–Crippen LogP) is 2.93. The van der Waals surface area contributed by atoms with Gasteiger partial charge in [0.1, 0.15) is 0 Å². The Kier molecular flexibility index (Phi) is 2.24. The molecule has 0 aliphatic rings. The SMILES string of the molecule is Cn1cc(Oc2ccc(Cl)s2)cn1. The van der Waals surface area contributed by atoms with Gasteiger partial charge in [0.15, 0.2) is 10.8 Å². The molecule has 0 radical (unpaired) electrons. The zero-order valence-corrected chi connectivity index (χ0v) is 8.47. The largest absolute Gasteiger partial charge is 0.443 e. The van der Waals surface area contributed by atoms with Crippen LogP contribution in [0, 0.1) is 0 Å². The van der Waals surface area contributed by atoms with E-state index in [9.17, 15) is 0 Å². The van der Waals surface area contributed by atoms with Crippen LogP contribution in [0.3, 0.4) is 0 Å². The van der Waals surface area contributed by atoms with Crippen LogP contribution < -0.4 is 4.74 Å². The van der Waals surface area contributed by atoms with Crippen molar-refractivity contribution in [1.82, 2.24) is 9.78 Å². The first kappa shape index (κ1) is 8.59. The molecule has 0 N–H and O–H groups in total. The lowest BCUT2D eigenvalue weighted by atomic mass is 10.6. The normalized spacial score (nSPS) is 10.3. The van der Waals surface area contributed by atoms with Gasteiger partial charge in [-0.2, -0.15) is 5.10 Å². The Bertz CT molecular complexity index is 371. The summed E-state index contributed by atoms with van der Waals surface area (Å²) in [6.07, 6.45) is 3.46. The van der Waals surface area contributed by atoms with Crippen LogP contribution in [0.5, 0.6) is 10.8 Å². The summed E-state index contributed by atoms with van der Waals surface area (Å²) in [4.78, 5) is 0. The lowest BCUT2D eigenvalue weighted by Gasteiger charge is -1.95. The molecule has 2 heterocycles. The van der Waals surface area contributed by atoms with E-state index in [2.05, 4.69) is 5.10 Å². The molecule has 0 unspecified atom stereocenters. The molecule has 5 heteroatoms. The molecule has 0 aromatic carbocycles. The van der Waals surface area contributed by atoms with Gasteiger partial charge >= 0.3 is 0 Å². The molecule has 0 aliphatic carbocycles. The zero-order valence-electron chi connectivity index (χ0n) is 6.90. The van der Waals surface area contributed by atoms with E-state index in [1.807, 2.05) is 13.1 Å². The molecule has 0 fully saturated rings. The first-order valence-electron chi connectivity index (χ1n) is 3.66. The molecule has 0 atom stereocenters. The van der Waals surface area contributed by atoms with E-state index >= 15 is 0 Å². The third-order valence-electron chi connectivity index (χ3n) is 1.45. The summed E-state index contributed by atoms with van der Waals surface area (Å²) in [7, 11) is 1.84. The number of hydrogen-bond acceptors (Lipinski definition) is 3. The molecule has 2 aromatic heterocycles. The topological polar surface area (TPSA) is 27.1 Å². The summed E-state index contributed by atoms with van der Waals surface area (Å²) < 4.78 is 7.88. The fourth-order valence-corrected chi connectivity index (χ4v) is 1.81. The highest BCUT2D eigenvalue weighted by atomic mass is 35.5. The molecule has 0 bridgehead atoms. The van der Waals surface area contributed by atoms with Crippen molar-refractivity contribution in [3.63, 3.8) is 0 Å². The minimum atomic E-state index is 0.721. The van der Waals surface area contributed by atoms with Gasteiger partial charge in [-0.25, -0.2) is 0 Å². The number of thiophene rings is 1. The Balaban J connectivity index is 2.14. The number of hydrogen-bond donors (Lipinski definition) is 0. The Labute approximate surface area is 84.5 Å². The van der Waals surface area contributed by atoms with Crippen LogP contribution in [0.4, 0.5) is 0 Å². The van der Waals surface area contributed by atoms with Crippen LogP contribution in [0.25, 0.3) is 0 Å². The lowest BCUT2D eigenvalue weighted by molar-refractivity contribution is 0.496. The molecule has 0 saturated carbocycles. The van der Waals surface area contributed by atoms with Crippen molar-refractivity contribution in [3.8, 4) is 10.8 Å². The predicted molar refractivity (Wildman–Crippen MR) is 52.6 cm³/mol. The van der Waals surface area contributed by atoms with Gasteiger partial charge in [0.2, 0.25) is 0 Å². The Morgan fingerprint density at radius 2 is 2.38 bits per heavy atom. The Morgan fingerprint density at radius 3 is 2.92 bits per heavy atom. The number of aromatic nitrogens is 2. The molecule has 3 nitrogen and oxygen atoms in total. The van der Waals surface area contributed by atoms with Gasteiger partial charge in [0.25, 0.3) is 0 Å². The van der Waals surface area contributed by atoms with E-state index < -0.39 is 0 Å². The average molecular weight is 215 g/mol. The van der Waals surface area contributed by atoms with Crippen molar-refractivity contribution < 1.29 is 4.74 Å². The van der Waals surface area contributed by atoms with Gasteiger partial charge in [0, 0.05) is 7.05 Å². The van der Waals surface area contributed by atoms with E-state index in [0.717, 1.165) is 15.1 Å². The number of aryl methyl sites for hydroxylation is 1. The first-order valence-corrected chi connectivity index (χ1v) is 4.85. The number of ether oxygens (including phenoxy) is 1. The van der Waals surface area contributed by atoms with Crippen LogP contribution in [-0.2, 0) is 7.05 Å². The van der Waals surface area contributed by atoms with Crippen LogP contribution in [-0.4, -0.2) is 9.78 Å². The monoisotopic (exact) mass is 214 g/mol. The Hall–Kier alpha value is -1.00. The van der Waals surface area contributed by atoms with Gasteiger partial charge in [-0.1, -0.05) is 22.9 Å². The highest BCUT2D eigenvalue weighted by Crippen LogP contribution is 2.31. The number of nitrogens with zero attached hydrogens (tertiary/aromatic N) is 2. The first-order chi connectivity index (χ1) is 6.24. The standard InChI is InChI=1S/C8H7ClN2OS/c1-11-5-6(4-10-11)12-8-3-2-7(9)13-8/h2-5H,1H3. The minimum Gasteiger partial charge on any atom is -0.443 e. The van der Waals surface area contributed by atoms with Crippen molar-refractivity contribution in [2.24, 2.45) is 7.05 Å². The molecule has 0 saturated heterocycles. The van der Waals surface area contributed by atoms with Gasteiger partial charge in [0.05, 0.1) is 16.7 Å². The van der Waals surface area contributed by atoms with Crippen molar-refractivity contribution in [2.75, 3.05) is 0 Å². The maximum atomic E-state index is 5.75. The summed E-state index contributed by atoms with van der Waals surface area (Å²) in [5, 5.41) is 4.76. The smallest absolute Gasteiger partial charge is 0.182 e. The summed E-state index contributed by atoms with van der Waals surface area (Å²) in [6.45, 7) is 0. The van der Waals surface area contributed by atoms with Crippen molar-refractivity contribution >= 4 is 22.9 Å². The highest BCUT2D eigenvalue weighted by Gasteiger charge is 2.01. The molecule has 0 amide bonds.